The van der Waals surface area contributed by atoms with E-state index in [1.54, 1.807) is 24.4 Å². The second-order valence-electron chi connectivity index (χ2n) is 8.78. The minimum Gasteiger partial charge on any atom is -0.481 e. The Balaban J connectivity index is 1.65. The van der Waals surface area contributed by atoms with Crippen molar-refractivity contribution >= 4 is 57.7 Å². The first kappa shape index (κ1) is 25.3. The van der Waals surface area contributed by atoms with Crippen LogP contribution in [0, 0.1) is 0 Å². The SMILES string of the molecule is CC1CN(c2nc3ccccn3c(=O)c2/C=C2/SC(=S)N(CCCCCC(=O)O)C2=O)CC(C)O1. The number of hydrogen-bond acceptors (Lipinski definition) is 8. The Labute approximate surface area is 212 Å². The highest BCUT2D eigenvalue weighted by atomic mass is 32.2. The molecular weight excluding hydrogens is 488 g/mol. The van der Waals surface area contributed by atoms with Crippen LogP contribution in [0.5, 0.6) is 0 Å². The number of nitrogens with zero attached hydrogens (tertiary/aromatic N) is 4. The van der Waals surface area contributed by atoms with E-state index in [9.17, 15) is 14.4 Å². The molecule has 4 rings (SSSR count). The number of anilines is 1. The number of thioether (sulfide) groups is 1. The second-order valence-corrected chi connectivity index (χ2v) is 10.5. The Morgan fingerprint density at radius 1 is 1.23 bits per heavy atom. The molecule has 0 saturated carbocycles. The highest BCUT2D eigenvalue weighted by molar-refractivity contribution is 8.26. The molecule has 35 heavy (non-hydrogen) atoms. The van der Waals surface area contributed by atoms with Crippen molar-refractivity contribution in [2.75, 3.05) is 24.5 Å². The van der Waals surface area contributed by atoms with Gasteiger partial charge in [-0.25, -0.2) is 4.98 Å². The van der Waals surface area contributed by atoms with Crippen molar-refractivity contribution in [1.29, 1.82) is 0 Å². The molecule has 2 aliphatic rings. The molecule has 2 aromatic rings. The van der Waals surface area contributed by atoms with E-state index in [1.807, 2.05) is 24.8 Å². The number of carboxylic acid groups (broad SMARTS) is 1. The number of morpholine rings is 1. The van der Waals surface area contributed by atoms with Crippen LogP contribution in [-0.4, -0.2) is 67.4 Å². The zero-order valence-electron chi connectivity index (χ0n) is 19.7. The summed E-state index contributed by atoms with van der Waals surface area (Å²) in [4.78, 5) is 46.1. The van der Waals surface area contributed by atoms with Crippen LogP contribution in [0.15, 0.2) is 34.1 Å². The number of carboxylic acids is 1. The molecule has 4 heterocycles. The van der Waals surface area contributed by atoms with E-state index in [0.29, 0.717) is 65.2 Å². The van der Waals surface area contributed by atoms with Gasteiger partial charge in [0.25, 0.3) is 11.5 Å². The van der Waals surface area contributed by atoms with Crippen LogP contribution >= 0.6 is 24.0 Å². The first-order chi connectivity index (χ1) is 16.7. The normalized spacial score (nSPS) is 21.9. The maximum atomic E-state index is 13.5. The van der Waals surface area contributed by atoms with Crippen LogP contribution in [0.4, 0.5) is 5.82 Å². The number of thiocarbonyl (C=S) groups is 1. The summed E-state index contributed by atoms with van der Waals surface area (Å²) in [6.45, 7) is 5.55. The molecule has 2 atom stereocenters. The van der Waals surface area contributed by atoms with Gasteiger partial charge >= 0.3 is 5.97 Å². The van der Waals surface area contributed by atoms with Crippen LogP contribution in [0.2, 0.25) is 0 Å². The predicted molar refractivity (Wildman–Crippen MR) is 140 cm³/mol. The predicted octanol–water partition coefficient (Wildman–Crippen LogP) is 3.15. The van der Waals surface area contributed by atoms with E-state index in [2.05, 4.69) is 0 Å². The zero-order valence-corrected chi connectivity index (χ0v) is 21.3. The number of rotatable bonds is 8. The summed E-state index contributed by atoms with van der Waals surface area (Å²) in [5.74, 6) is -0.540. The number of carbonyl (C=O) groups excluding carboxylic acids is 1. The van der Waals surface area contributed by atoms with Gasteiger partial charge in [0.2, 0.25) is 0 Å². The van der Waals surface area contributed by atoms with Crippen molar-refractivity contribution in [2.45, 2.75) is 51.7 Å². The number of ether oxygens (including phenoxy) is 1. The molecule has 9 nitrogen and oxygen atoms in total. The number of hydrogen-bond donors (Lipinski definition) is 1. The Morgan fingerprint density at radius 2 is 1.97 bits per heavy atom. The summed E-state index contributed by atoms with van der Waals surface area (Å²) in [6.07, 6.45) is 5.23. The van der Waals surface area contributed by atoms with Crippen LogP contribution in [0.25, 0.3) is 11.7 Å². The fraction of sp³-hybridized carbons (Fsp3) is 0.458. The summed E-state index contributed by atoms with van der Waals surface area (Å²) < 4.78 is 7.77. The Kier molecular flexibility index (Phi) is 7.88. The summed E-state index contributed by atoms with van der Waals surface area (Å²) >= 11 is 6.61. The summed E-state index contributed by atoms with van der Waals surface area (Å²) in [5.41, 5.74) is 0.624. The minimum atomic E-state index is -0.825. The smallest absolute Gasteiger partial charge is 0.303 e. The number of aromatic nitrogens is 2. The van der Waals surface area contributed by atoms with E-state index in [4.69, 9.17) is 27.0 Å². The van der Waals surface area contributed by atoms with E-state index in [1.165, 1.54) is 21.1 Å². The molecule has 1 amide bonds. The lowest BCUT2D eigenvalue weighted by molar-refractivity contribution is -0.137. The van der Waals surface area contributed by atoms with Gasteiger partial charge in [0.15, 0.2) is 0 Å². The monoisotopic (exact) mass is 516 g/mol. The summed E-state index contributed by atoms with van der Waals surface area (Å²) in [7, 11) is 0. The van der Waals surface area contributed by atoms with Crippen LogP contribution < -0.4 is 10.5 Å². The first-order valence-corrected chi connectivity index (χ1v) is 12.9. The van der Waals surface area contributed by atoms with Crippen LogP contribution in [0.1, 0.15) is 45.1 Å². The lowest BCUT2D eigenvalue weighted by Crippen LogP contribution is -2.46. The molecule has 0 spiro atoms. The zero-order chi connectivity index (χ0) is 25.1. The molecule has 11 heteroatoms. The molecule has 0 aromatic carbocycles. The third-order valence-corrected chi connectivity index (χ3v) is 7.27. The van der Waals surface area contributed by atoms with Crippen molar-refractivity contribution in [2.24, 2.45) is 0 Å². The van der Waals surface area contributed by atoms with Gasteiger partial charge in [-0.1, -0.05) is 36.5 Å². The fourth-order valence-corrected chi connectivity index (χ4v) is 5.65. The molecule has 2 aliphatic heterocycles. The quantitative estimate of drug-likeness (QED) is 0.322. The van der Waals surface area contributed by atoms with Gasteiger partial charge in [-0.05, 0) is 44.9 Å². The first-order valence-electron chi connectivity index (χ1n) is 11.6. The number of unbranched alkanes of at least 4 members (excludes halogenated alkanes) is 2. The highest BCUT2D eigenvalue weighted by Crippen LogP contribution is 2.34. The van der Waals surface area contributed by atoms with Crippen molar-refractivity contribution < 1.29 is 19.4 Å². The van der Waals surface area contributed by atoms with Gasteiger partial charge < -0.3 is 14.7 Å². The third kappa shape index (κ3) is 5.74. The molecule has 1 N–H and O–H groups in total. The number of fused-ring (bicyclic) bond motifs is 1. The number of aliphatic carboxylic acids is 1. The lowest BCUT2D eigenvalue weighted by Gasteiger charge is -2.36. The summed E-state index contributed by atoms with van der Waals surface area (Å²) in [6, 6.07) is 5.38. The largest absolute Gasteiger partial charge is 0.481 e. The summed E-state index contributed by atoms with van der Waals surface area (Å²) in [5, 5.41) is 8.78. The molecule has 0 bridgehead atoms. The molecule has 186 valence electrons. The lowest BCUT2D eigenvalue weighted by atomic mass is 10.1. The Hall–Kier alpha value is -2.76. The average Bonchev–Trinajstić information content (AvgIpc) is 3.07. The van der Waals surface area contributed by atoms with Gasteiger partial charge in [0.1, 0.15) is 15.8 Å². The van der Waals surface area contributed by atoms with Gasteiger partial charge in [-0.2, -0.15) is 0 Å². The molecule has 2 fully saturated rings. The van der Waals surface area contributed by atoms with Crippen molar-refractivity contribution in [1.82, 2.24) is 14.3 Å². The second kappa shape index (κ2) is 10.9. The van der Waals surface area contributed by atoms with E-state index in [-0.39, 0.29) is 30.1 Å². The molecule has 0 radical (unpaired) electrons. The third-order valence-electron chi connectivity index (χ3n) is 5.89. The maximum absolute atomic E-state index is 13.5. The van der Waals surface area contributed by atoms with Crippen LogP contribution in [-0.2, 0) is 14.3 Å². The fourth-order valence-electron chi connectivity index (χ4n) is 4.36. The van der Waals surface area contributed by atoms with Crippen LogP contribution in [0.3, 0.4) is 0 Å². The number of carbonyl (C=O) groups is 2. The van der Waals surface area contributed by atoms with E-state index < -0.39 is 5.97 Å². The van der Waals surface area contributed by atoms with Gasteiger partial charge in [-0.3, -0.25) is 23.7 Å². The molecule has 2 unspecified atom stereocenters. The van der Waals surface area contributed by atoms with E-state index >= 15 is 0 Å². The van der Waals surface area contributed by atoms with Crippen molar-refractivity contribution in [3.63, 3.8) is 0 Å². The molecule has 0 aliphatic carbocycles. The van der Waals surface area contributed by atoms with Gasteiger partial charge in [0, 0.05) is 32.3 Å². The van der Waals surface area contributed by atoms with E-state index in [0.717, 1.165) is 0 Å². The number of pyridine rings is 1. The Bertz CT molecular complexity index is 1230. The highest BCUT2D eigenvalue weighted by Gasteiger charge is 2.33. The Morgan fingerprint density at radius 3 is 2.69 bits per heavy atom. The maximum Gasteiger partial charge on any atom is 0.303 e. The van der Waals surface area contributed by atoms with Gasteiger partial charge in [-0.15, -0.1) is 0 Å². The molecule has 2 saturated heterocycles. The average molecular weight is 517 g/mol. The van der Waals surface area contributed by atoms with Crippen molar-refractivity contribution in [3.8, 4) is 0 Å². The van der Waals surface area contributed by atoms with Crippen molar-refractivity contribution in [3.05, 3.63) is 45.2 Å². The molecule has 2 aromatic heterocycles. The topological polar surface area (TPSA) is 104 Å². The number of amides is 1. The molecular formula is C24H28N4O5S2. The van der Waals surface area contributed by atoms with Gasteiger partial charge in [0.05, 0.1) is 22.7 Å². The standard InChI is InChI=1S/C24H28N4O5S2/c1-15-13-26(14-16(2)33-15)21-17(22(31)27-10-7-5-8-19(27)25-21)12-18-23(32)28(24(34)35-18)11-6-3-4-9-20(29)30/h5,7-8,10,12,15-16H,3-4,6,9,11,13-14H2,1-2H3,(H,29,30)/b18-12+. The minimum absolute atomic E-state index is 0.0260.